The Morgan fingerprint density at radius 3 is 2.38 bits per heavy atom. The lowest BCUT2D eigenvalue weighted by molar-refractivity contribution is -0.121. The molecule has 0 unspecified atom stereocenters. The third-order valence-corrected chi connectivity index (χ3v) is 4.00. The zero-order chi connectivity index (χ0) is 16.4. The largest absolute Gasteiger partial charge is 0.350 e. The van der Waals surface area contributed by atoms with E-state index >= 15 is 0 Å². The number of amides is 1. The van der Waals surface area contributed by atoms with Crippen LogP contribution in [-0.4, -0.2) is 32.7 Å². The van der Waals surface area contributed by atoms with Crippen molar-refractivity contribution in [2.75, 3.05) is 17.1 Å². The Morgan fingerprint density at radius 1 is 1.33 bits per heavy atom. The highest BCUT2D eigenvalue weighted by atomic mass is 35.5. The normalized spacial score (nSPS) is 12.1. The maximum Gasteiger partial charge on any atom is 0.241 e. The van der Waals surface area contributed by atoms with Crippen molar-refractivity contribution in [3.8, 4) is 0 Å². The van der Waals surface area contributed by atoms with Crippen LogP contribution in [0.4, 0.5) is 5.69 Å². The number of sulfonamides is 1. The van der Waals surface area contributed by atoms with E-state index in [1.54, 1.807) is 25.1 Å². The molecule has 1 aromatic rings. The lowest BCUT2D eigenvalue weighted by Crippen LogP contribution is -2.47. The van der Waals surface area contributed by atoms with Crippen LogP contribution in [0.1, 0.15) is 26.3 Å². The molecule has 7 heteroatoms. The van der Waals surface area contributed by atoms with E-state index in [0.717, 1.165) is 16.1 Å². The minimum Gasteiger partial charge on any atom is -0.350 e. The molecule has 1 rings (SSSR count). The van der Waals surface area contributed by atoms with Crippen molar-refractivity contribution in [1.29, 1.82) is 0 Å². The predicted octanol–water partition coefficient (Wildman–Crippen LogP) is 2.33. The molecule has 1 N–H and O–H groups in total. The first kappa shape index (κ1) is 17.8. The summed E-state index contributed by atoms with van der Waals surface area (Å²) in [5, 5.41) is 3.16. The molecule has 5 nitrogen and oxygen atoms in total. The number of nitrogens with one attached hydrogen (secondary N) is 1. The summed E-state index contributed by atoms with van der Waals surface area (Å²) in [6.45, 7) is 6.99. The Balaban J connectivity index is 3.14. The second-order valence-electron chi connectivity index (χ2n) is 6.00. The molecule has 0 spiro atoms. The Hall–Kier alpha value is -1.27. The first-order chi connectivity index (χ1) is 9.40. The number of hydrogen-bond acceptors (Lipinski definition) is 3. The molecular weight excluding hydrogens is 312 g/mol. The number of aryl methyl sites for hydroxylation is 1. The van der Waals surface area contributed by atoms with Crippen molar-refractivity contribution in [2.24, 2.45) is 0 Å². The molecule has 1 aromatic carbocycles. The van der Waals surface area contributed by atoms with Crippen LogP contribution in [0.25, 0.3) is 0 Å². The molecule has 1 amide bonds. The van der Waals surface area contributed by atoms with Crippen molar-refractivity contribution in [3.63, 3.8) is 0 Å². The molecule has 0 fully saturated rings. The van der Waals surface area contributed by atoms with Gasteiger partial charge in [-0.1, -0.05) is 17.7 Å². The summed E-state index contributed by atoms with van der Waals surface area (Å²) in [6, 6.07) is 4.94. The number of rotatable bonds is 4. The molecule has 21 heavy (non-hydrogen) atoms. The third kappa shape index (κ3) is 5.55. The van der Waals surface area contributed by atoms with Crippen LogP contribution in [0.2, 0.25) is 5.02 Å². The first-order valence-electron chi connectivity index (χ1n) is 6.45. The molecule has 0 heterocycles. The Labute approximate surface area is 131 Å². The van der Waals surface area contributed by atoms with Crippen LogP contribution >= 0.6 is 11.6 Å². The van der Waals surface area contributed by atoms with Gasteiger partial charge in [0.05, 0.1) is 11.9 Å². The molecule has 0 saturated heterocycles. The van der Waals surface area contributed by atoms with Gasteiger partial charge in [0.1, 0.15) is 6.54 Å². The first-order valence-corrected chi connectivity index (χ1v) is 8.67. The van der Waals surface area contributed by atoms with Gasteiger partial charge in [0, 0.05) is 10.6 Å². The van der Waals surface area contributed by atoms with E-state index in [9.17, 15) is 13.2 Å². The molecule has 0 atom stereocenters. The quantitative estimate of drug-likeness (QED) is 0.920. The second kappa shape index (κ2) is 6.23. The fraction of sp³-hybridized carbons (Fsp3) is 0.500. The zero-order valence-corrected chi connectivity index (χ0v) is 14.5. The molecule has 0 aliphatic carbocycles. The monoisotopic (exact) mass is 332 g/mol. The van der Waals surface area contributed by atoms with Gasteiger partial charge >= 0.3 is 0 Å². The summed E-state index contributed by atoms with van der Waals surface area (Å²) >= 11 is 5.93. The lowest BCUT2D eigenvalue weighted by atomic mass is 10.1. The summed E-state index contributed by atoms with van der Waals surface area (Å²) < 4.78 is 25.1. The third-order valence-electron chi connectivity index (χ3n) is 2.64. The highest BCUT2D eigenvalue weighted by molar-refractivity contribution is 7.92. The van der Waals surface area contributed by atoms with Crippen molar-refractivity contribution < 1.29 is 13.2 Å². The zero-order valence-electron chi connectivity index (χ0n) is 12.9. The minimum absolute atomic E-state index is 0.280. The van der Waals surface area contributed by atoms with Gasteiger partial charge < -0.3 is 5.32 Å². The summed E-state index contributed by atoms with van der Waals surface area (Å²) in [5.74, 6) is -0.368. The van der Waals surface area contributed by atoms with E-state index in [1.807, 2.05) is 20.8 Å². The average molecular weight is 333 g/mol. The van der Waals surface area contributed by atoms with Crippen molar-refractivity contribution in [2.45, 2.75) is 33.2 Å². The van der Waals surface area contributed by atoms with Gasteiger partial charge in [-0.3, -0.25) is 9.10 Å². The van der Waals surface area contributed by atoms with Gasteiger partial charge in [0.2, 0.25) is 15.9 Å². The fourth-order valence-corrected chi connectivity index (χ4v) is 2.89. The summed E-state index contributed by atoms with van der Waals surface area (Å²) in [7, 11) is -3.59. The Bertz CT molecular complexity index is 636. The van der Waals surface area contributed by atoms with Crippen molar-refractivity contribution in [1.82, 2.24) is 5.32 Å². The van der Waals surface area contributed by atoms with E-state index in [4.69, 9.17) is 11.6 Å². The van der Waals surface area contributed by atoms with Gasteiger partial charge in [-0.05, 0) is 45.4 Å². The van der Waals surface area contributed by atoms with Crippen LogP contribution in [0.3, 0.4) is 0 Å². The summed E-state index contributed by atoms with van der Waals surface area (Å²) in [4.78, 5) is 12.0. The molecule has 0 saturated carbocycles. The van der Waals surface area contributed by atoms with E-state index in [0.29, 0.717) is 10.7 Å². The van der Waals surface area contributed by atoms with Crippen LogP contribution < -0.4 is 9.62 Å². The number of nitrogens with zero attached hydrogens (tertiary/aromatic N) is 1. The second-order valence-corrected chi connectivity index (χ2v) is 8.34. The van der Waals surface area contributed by atoms with E-state index in [2.05, 4.69) is 5.32 Å². The maximum atomic E-state index is 12.0. The standard InChI is InChI=1S/C14H21ClN2O3S/c1-10-6-7-11(15)8-12(10)17(21(5,19)20)9-13(18)16-14(2,3)4/h6-8H,9H2,1-5H3,(H,16,18). The smallest absolute Gasteiger partial charge is 0.241 e. The SMILES string of the molecule is Cc1ccc(Cl)cc1N(CC(=O)NC(C)(C)C)S(C)(=O)=O. The van der Waals surface area contributed by atoms with Crippen molar-refractivity contribution >= 4 is 33.2 Å². The molecule has 0 radical (unpaired) electrons. The highest BCUT2D eigenvalue weighted by Gasteiger charge is 2.24. The Kier molecular flexibility index (Phi) is 5.28. The highest BCUT2D eigenvalue weighted by Crippen LogP contribution is 2.26. The van der Waals surface area contributed by atoms with Crippen LogP contribution in [0.5, 0.6) is 0 Å². The Morgan fingerprint density at radius 2 is 1.90 bits per heavy atom. The molecule has 0 aromatic heterocycles. The average Bonchev–Trinajstić information content (AvgIpc) is 2.26. The van der Waals surface area contributed by atoms with Gasteiger partial charge in [0.25, 0.3) is 0 Å². The molecule has 118 valence electrons. The molecule has 0 aliphatic rings. The number of hydrogen-bond donors (Lipinski definition) is 1. The lowest BCUT2D eigenvalue weighted by Gasteiger charge is -2.26. The number of benzene rings is 1. The van der Waals surface area contributed by atoms with Gasteiger partial charge in [-0.2, -0.15) is 0 Å². The number of carbonyl (C=O) groups is 1. The number of carbonyl (C=O) groups excluding carboxylic acids is 1. The van der Waals surface area contributed by atoms with Crippen LogP contribution in [0, 0.1) is 6.92 Å². The molecule has 0 bridgehead atoms. The fourth-order valence-electron chi connectivity index (χ4n) is 1.82. The van der Waals surface area contributed by atoms with E-state index in [-0.39, 0.29) is 12.5 Å². The van der Waals surface area contributed by atoms with Crippen LogP contribution in [0.15, 0.2) is 18.2 Å². The number of anilines is 1. The number of halogens is 1. The van der Waals surface area contributed by atoms with Crippen LogP contribution in [-0.2, 0) is 14.8 Å². The van der Waals surface area contributed by atoms with Gasteiger partial charge in [-0.25, -0.2) is 8.42 Å². The van der Waals surface area contributed by atoms with Crippen molar-refractivity contribution in [3.05, 3.63) is 28.8 Å². The maximum absolute atomic E-state index is 12.0. The summed E-state index contributed by atoms with van der Waals surface area (Å²) in [5.41, 5.74) is 0.714. The van der Waals surface area contributed by atoms with Gasteiger partial charge in [0.15, 0.2) is 0 Å². The predicted molar refractivity (Wildman–Crippen MR) is 86.3 cm³/mol. The molecule has 0 aliphatic heterocycles. The van der Waals surface area contributed by atoms with E-state index < -0.39 is 15.6 Å². The van der Waals surface area contributed by atoms with Gasteiger partial charge in [-0.15, -0.1) is 0 Å². The summed E-state index contributed by atoms with van der Waals surface area (Å²) in [6.07, 6.45) is 1.07. The van der Waals surface area contributed by atoms with E-state index in [1.165, 1.54) is 0 Å². The molecular formula is C14H21ClN2O3S. The minimum atomic E-state index is -3.59. The topological polar surface area (TPSA) is 66.5 Å².